The van der Waals surface area contributed by atoms with Crippen molar-refractivity contribution in [1.29, 1.82) is 0 Å². The van der Waals surface area contributed by atoms with Crippen LogP contribution in [0, 0.1) is 0 Å². The molecule has 1 atom stereocenters. The Hall–Kier alpha value is -3.15. The van der Waals surface area contributed by atoms with Gasteiger partial charge in [0.25, 0.3) is 11.8 Å². The topological polar surface area (TPSA) is 78.5 Å². The maximum Gasteiger partial charge on any atom is 0.325 e. The van der Waals surface area contributed by atoms with Crippen LogP contribution >= 0.6 is 0 Å². The van der Waals surface area contributed by atoms with Gasteiger partial charge in [0.2, 0.25) is 0 Å². The van der Waals surface area contributed by atoms with Crippen LogP contribution in [0.3, 0.4) is 0 Å². The largest absolute Gasteiger partial charge is 0.352 e. The molecule has 132 valence electrons. The summed E-state index contributed by atoms with van der Waals surface area (Å²) in [5, 5.41) is 5.75. The number of hydrogen-bond donors (Lipinski definition) is 2. The molecule has 2 heterocycles. The van der Waals surface area contributed by atoms with Gasteiger partial charge < -0.3 is 10.6 Å². The lowest BCUT2D eigenvalue weighted by Crippen LogP contribution is -2.41. The zero-order valence-electron chi connectivity index (χ0n) is 14.4. The molecule has 4 amide bonds. The Morgan fingerprint density at radius 1 is 1.00 bits per heavy atom. The van der Waals surface area contributed by atoms with E-state index >= 15 is 0 Å². The van der Waals surface area contributed by atoms with Crippen LogP contribution in [0.1, 0.15) is 34.0 Å². The minimum atomic E-state index is -1.09. The molecule has 2 N–H and O–H groups in total. The summed E-state index contributed by atoms with van der Waals surface area (Å²) in [7, 11) is 0. The van der Waals surface area contributed by atoms with Crippen LogP contribution in [0.5, 0.6) is 0 Å². The second kappa shape index (κ2) is 5.98. The first kappa shape index (κ1) is 16.3. The predicted octanol–water partition coefficient (Wildman–Crippen LogP) is 1.94. The Morgan fingerprint density at radius 3 is 2.62 bits per heavy atom. The van der Waals surface area contributed by atoms with E-state index in [9.17, 15) is 14.4 Å². The third kappa shape index (κ3) is 2.63. The first-order chi connectivity index (χ1) is 12.5. The molecule has 0 aliphatic carbocycles. The van der Waals surface area contributed by atoms with Gasteiger partial charge in [0.15, 0.2) is 0 Å². The molecule has 1 fully saturated rings. The minimum Gasteiger partial charge on any atom is -0.352 e. The quantitative estimate of drug-likeness (QED) is 0.714. The number of carbonyl (C=O) groups excluding carboxylic acids is 3. The number of urea groups is 1. The predicted molar refractivity (Wildman–Crippen MR) is 95.4 cm³/mol. The molecule has 1 saturated heterocycles. The SMILES string of the molecule is CC12NC(=O)N(Cc3cccc(c3)C(=O)NCCc3cccc1c3)C2=O. The first-order valence-electron chi connectivity index (χ1n) is 8.58. The maximum atomic E-state index is 13.0. The molecule has 2 aromatic rings. The van der Waals surface area contributed by atoms with Crippen molar-refractivity contribution < 1.29 is 14.4 Å². The van der Waals surface area contributed by atoms with Gasteiger partial charge in [-0.2, -0.15) is 0 Å². The number of benzene rings is 2. The van der Waals surface area contributed by atoms with E-state index in [0.717, 1.165) is 16.7 Å². The zero-order valence-corrected chi connectivity index (χ0v) is 14.4. The molecule has 2 aromatic carbocycles. The molecule has 0 aromatic heterocycles. The standard InChI is InChI=1S/C20H19N3O3/c1-20-16-7-3-4-13(11-16)8-9-21-17(24)15-6-2-5-14(10-15)12-23(18(20)25)19(26)22-20/h2-7,10-11H,8-9,12H2,1H3,(H,21,24)(H,22,26). The lowest BCUT2D eigenvalue weighted by Gasteiger charge is -2.23. The number of nitrogens with one attached hydrogen (secondary N) is 2. The molecular weight excluding hydrogens is 330 g/mol. The lowest BCUT2D eigenvalue weighted by molar-refractivity contribution is -0.131. The summed E-state index contributed by atoms with van der Waals surface area (Å²) in [6.45, 7) is 2.35. The van der Waals surface area contributed by atoms with Gasteiger partial charge in [0, 0.05) is 12.1 Å². The molecule has 4 rings (SSSR count). The summed E-state index contributed by atoms with van der Waals surface area (Å²) < 4.78 is 0. The smallest absolute Gasteiger partial charge is 0.325 e. The molecule has 0 saturated carbocycles. The fourth-order valence-electron chi connectivity index (χ4n) is 3.49. The van der Waals surface area contributed by atoms with Crippen molar-refractivity contribution in [2.75, 3.05) is 6.54 Å². The Kier molecular flexibility index (Phi) is 3.76. The maximum absolute atomic E-state index is 13.0. The van der Waals surface area contributed by atoms with Crippen molar-refractivity contribution in [3.05, 3.63) is 70.8 Å². The lowest BCUT2D eigenvalue weighted by atomic mass is 9.90. The number of amides is 4. The van der Waals surface area contributed by atoms with Crippen molar-refractivity contribution in [3.63, 3.8) is 0 Å². The molecule has 2 aliphatic heterocycles. The molecule has 0 spiro atoms. The van der Waals surface area contributed by atoms with Crippen LogP contribution in [0.4, 0.5) is 4.79 Å². The Bertz CT molecular complexity index is 924. The van der Waals surface area contributed by atoms with Crippen LogP contribution in [-0.4, -0.2) is 29.3 Å². The van der Waals surface area contributed by atoms with Crippen LogP contribution in [0.25, 0.3) is 0 Å². The van der Waals surface area contributed by atoms with Gasteiger partial charge in [0.05, 0.1) is 6.54 Å². The van der Waals surface area contributed by atoms with E-state index in [1.807, 2.05) is 24.3 Å². The fraction of sp³-hybridized carbons (Fsp3) is 0.250. The molecule has 2 aliphatic rings. The number of imide groups is 1. The van der Waals surface area contributed by atoms with E-state index < -0.39 is 11.6 Å². The highest BCUT2D eigenvalue weighted by Gasteiger charge is 2.48. The highest BCUT2D eigenvalue weighted by molar-refractivity contribution is 6.07. The van der Waals surface area contributed by atoms with Gasteiger partial charge in [-0.25, -0.2) is 4.79 Å². The number of hydrogen-bond acceptors (Lipinski definition) is 3. The second-order valence-corrected chi connectivity index (χ2v) is 6.85. The molecule has 6 bridgehead atoms. The third-order valence-corrected chi connectivity index (χ3v) is 5.01. The van der Waals surface area contributed by atoms with Gasteiger partial charge in [0.1, 0.15) is 5.54 Å². The fourth-order valence-corrected chi connectivity index (χ4v) is 3.49. The molecular formula is C20H19N3O3. The average Bonchev–Trinajstić information content (AvgIpc) is 2.86. The molecule has 6 nitrogen and oxygen atoms in total. The summed E-state index contributed by atoms with van der Waals surface area (Å²) in [6, 6.07) is 14.2. The van der Waals surface area contributed by atoms with Gasteiger partial charge >= 0.3 is 6.03 Å². The first-order valence-corrected chi connectivity index (χ1v) is 8.58. The summed E-state index contributed by atoms with van der Waals surface area (Å²) in [5.41, 5.74) is 1.90. The Balaban J connectivity index is 1.80. The number of carbonyl (C=O) groups is 3. The number of fused-ring (bicyclic) bond motifs is 7. The zero-order chi connectivity index (χ0) is 18.3. The summed E-state index contributed by atoms with van der Waals surface area (Å²) in [5.74, 6) is -0.450. The van der Waals surface area contributed by atoms with Crippen molar-refractivity contribution in [3.8, 4) is 0 Å². The molecule has 1 unspecified atom stereocenters. The van der Waals surface area contributed by atoms with Gasteiger partial charge in [-0.1, -0.05) is 36.4 Å². The van der Waals surface area contributed by atoms with Crippen LogP contribution in [-0.2, 0) is 23.3 Å². The van der Waals surface area contributed by atoms with Gasteiger partial charge in [-0.3, -0.25) is 14.5 Å². The van der Waals surface area contributed by atoms with E-state index in [1.54, 1.807) is 31.2 Å². The summed E-state index contributed by atoms with van der Waals surface area (Å²) >= 11 is 0. The number of rotatable bonds is 0. The number of nitrogens with zero attached hydrogens (tertiary/aromatic N) is 1. The van der Waals surface area contributed by atoms with E-state index in [1.165, 1.54) is 4.90 Å². The molecule has 26 heavy (non-hydrogen) atoms. The third-order valence-electron chi connectivity index (χ3n) is 5.01. The van der Waals surface area contributed by atoms with Crippen LogP contribution < -0.4 is 10.6 Å². The monoisotopic (exact) mass is 349 g/mol. The van der Waals surface area contributed by atoms with Crippen molar-refractivity contribution in [1.82, 2.24) is 15.5 Å². The normalized spacial score (nSPS) is 22.5. The molecule has 6 heteroatoms. The average molecular weight is 349 g/mol. The minimum absolute atomic E-state index is 0.126. The van der Waals surface area contributed by atoms with E-state index in [4.69, 9.17) is 0 Å². The van der Waals surface area contributed by atoms with E-state index in [2.05, 4.69) is 10.6 Å². The van der Waals surface area contributed by atoms with Gasteiger partial charge in [-0.15, -0.1) is 0 Å². The second-order valence-electron chi connectivity index (χ2n) is 6.85. The van der Waals surface area contributed by atoms with E-state index in [0.29, 0.717) is 18.5 Å². The van der Waals surface area contributed by atoms with E-state index in [-0.39, 0.29) is 18.4 Å². The Labute approximate surface area is 151 Å². The highest BCUT2D eigenvalue weighted by Crippen LogP contribution is 2.30. The van der Waals surface area contributed by atoms with Gasteiger partial charge in [-0.05, 0) is 42.2 Å². The van der Waals surface area contributed by atoms with Crippen molar-refractivity contribution >= 4 is 17.8 Å². The van der Waals surface area contributed by atoms with Crippen molar-refractivity contribution in [2.45, 2.75) is 25.4 Å². The highest BCUT2D eigenvalue weighted by atomic mass is 16.2. The summed E-state index contributed by atoms with van der Waals surface area (Å²) in [6.07, 6.45) is 0.640. The van der Waals surface area contributed by atoms with Crippen molar-refractivity contribution in [2.24, 2.45) is 0 Å². The van der Waals surface area contributed by atoms with Crippen LogP contribution in [0.15, 0.2) is 48.5 Å². The van der Waals surface area contributed by atoms with Crippen LogP contribution in [0.2, 0.25) is 0 Å². The Morgan fingerprint density at radius 2 is 1.77 bits per heavy atom. The molecule has 0 radical (unpaired) electrons. The summed E-state index contributed by atoms with van der Waals surface area (Å²) in [4.78, 5) is 39.1.